The molecule has 4 heteroatoms. The average molecular weight is 264 g/mol. The van der Waals surface area contributed by atoms with Crippen molar-refractivity contribution in [1.29, 1.82) is 5.26 Å². The number of hydrogen-bond donors (Lipinski definition) is 0. The minimum Gasteiger partial charge on any atom is -0.489 e. The van der Waals surface area contributed by atoms with E-state index in [9.17, 15) is 0 Å². The van der Waals surface area contributed by atoms with E-state index in [1.165, 1.54) is 0 Å². The van der Waals surface area contributed by atoms with Gasteiger partial charge in [0, 0.05) is 13.0 Å². The summed E-state index contributed by atoms with van der Waals surface area (Å²) in [4.78, 5) is 4.24. The Bertz CT molecular complexity index is 782. The van der Waals surface area contributed by atoms with Crippen LogP contribution in [0.2, 0.25) is 0 Å². The van der Waals surface area contributed by atoms with Crippen LogP contribution in [0, 0.1) is 18.3 Å². The number of nitriles is 1. The molecule has 0 unspecified atom stereocenters. The van der Waals surface area contributed by atoms with Crippen molar-refractivity contribution in [3.8, 4) is 11.8 Å². The molecule has 0 N–H and O–H groups in total. The predicted octanol–water partition coefficient (Wildman–Crippen LogP) is 3.59. The van der Waals surface area contributed by atoms with Crippen LogP contribution in [0.5, 0.6) is 5.75 Å². The van der Waals surface area contributed by atoms with E-state index in [-0.39, 0.29) is 0 Å². The van der Waals surface area contributed by atoms with E-state index in [4.69, 9.17) is 14.4 Å². The van der Waals surface area contributed by atoms with E-state index in [1.54, 1.807) is 12.1 Å². The maximum absolute atomic E-state index is 8.74. The Kier molecular flexibility index (Phi) is 3.10. The highest BCUT2D eigenvalue weighted by Crippen LogP contribution is 2.22. The SMILES string of the molecule is Cc1nc2ccc(OCc3ccc(C#N)cc3)cc2o1. The molecule has 0 spiro atoms. The second-order valence-electron chi connectivity index (χ2n) is 4.46. The largest absolute Gasteiger partial charge is 0.489 e. The first kappa shape index (κ1) is 12.2. The first-order chi connectivity index (χ1) is 9.74. The maximum atomic E-state index is 8.74. The zero-order valence-corrected chi connectivity index (χ0v) is 11.0. The van der Waals surface area contributed by atoms with Crippen LogP contribution in [0.3, 0.4) is 0 Å². The third kappa shape index (κ3) is 2.47. The number of benzene rings is 2. The molecule has 0 saturated heterocycles. The summed E-state index contributed by atoms with van der Waals surface area (Å²) in [6.07, 6.45) is 0. The molecule has 0 saturated carbocycles. The molecule has 1 aromatic heterocycles. The van der Waals surface area contributed by atoms with E-state index in [0.29, 0.717) is 18.1 Å². The topological polar surface area (TPSA) is 59.0 Å². The number of oxazole rings is 1. The Morgan fingerprint density at radius 3 is 2.75 bits per heavy atom. The number of aromatic nitrogens is 1. The van der Waals surface area contributed by atoms with E-state index in [0.717, 1.165) is 22.4 Å². The van der Waals surface area contributed by atoms with Crippen molar-refractivity contribution in [3.63, 3.8) is 0 Å². The van der Waals surface area contributed by atoms with Gasteiger partial charge >= 0.3 is 0 Å². The first-order valence-electron chi connectivity index (χ1n) is 6.23. The van der Waals surface area contributed by atoms with Crippen molar-refractivity contribution in [3.05, 3.63) is 59.5 Å². The Labute approximate surface area is 116 Å². The molecule has 4 nitrogen and oxygen atoms in total. The van der Waals surface area contributed by atoms with Crippen LogP contribution in [0.1, 0.15) is 17.0 Å². The molecular formula is C16H12N2O2. The number of aryl methyl sites for hydroxylation is 1. The molecule has 0 amide bonds. The highest BCUT2D eigenvalue weighted by atomic mass is 16.5. The molecule has 20 heavy (non-hydrogen) atoms. The monoisotopic (exact) mass is 264 g/mol. The smallest absolute Gasteiger partial charge is 0.192 e. The van der Waals surface area contributed by atoms with Gasteiger partial charge in [-0.25, -0.2) is 4.98 Å². The lowest BCUT2D eigenvalue weighted by Crippen LogP contribution is -1.95. The minimum atomic E-state index is 0.449. The van der Waals surface area contributed by atoms with Crippen molar-refractivity contribution in [1.82, 2.24) is 4.98 Å². The fourth-order valence-electron chi connectivity index (χ4n) is 1.95. The van der Waals surface area contributed by atoms with Gasteiger partial charge in [-0.3, -0.25) is 0 Å². The summed E-state index contributed by atoms with van der Waals surface area (Å²) in [6, 6.07) is 15.0. The molecule has 1 heterocycles. The van der Waals surface area contributed by atoms with E-state index < -0.39 is 0 Å². The molecule has 0 aliphatic heterocycles. The quantitative estimate of drug-likeness (QED) is 0.725. The van der Waals surface area contributed by atoms with Gasteiger partial charge in [-0.05, 0) is 29.8 Å². The van der Waals surface area contributed by atoms with Crippen LogP contribution in [-0.2, 0) is 6.61 Å². The van der Waals surface area contributed by atoms with Crippen LogP contribution < -0.4 is 4.74 Å². The van der Waals surface area contributed by atoms with Gasteiger partial charge in [0.05, 0.1) is 11.6 Å². The predicted molar refractivity (Wildman–Crippen MR) is 74.2 cm³/mol. The Balaban J connectivity index is 1.74. The molecule has 0 bridgehead atoms. The summed E-state index contributed by atoms with van der Waals surface area (Å²) < 4.78 is 11.2. The summed E-state index contributed by atoms with van der Waals surface area (Å²) in [6.45, 7) is 2.27. The number of rotatable bonds is 3. The third-order valence-corrected chi connectivity index (χ3v) is 2.96. The standard InChI is InChI=1S/C16H12N2O2/c1-11-18-15-7-6-14(8-16(15)20-11)19-10-13-4-2-12(9-17)3-5-13/h2-8H,10H2,1H3. The highest BCUT2D eigenvalue weighted by Gasteiger charge is 2.04. The van der Waals surface area contributed by atoms with E-state index in [1.807, 2.05) is 37.3 Å². The number of hydrogen-bond acceptors (Lipinski definition) is 4. The molecule has 3 aromatic rings. The van der Waals surface area contributed by atoms with Gasteiger partial charge in [-0.1, -0.05) is 12.1 Å². The molecule has 0 atom stereocenters. The average Bonchev–Trinajstić information content (AvgIpc) is 2.85. The molecule has 2 aromatic carbocycles. The molecule has 0 aliphatic rings. The van der Waals surface area contributed by atoms with Gasteiger partial charge in [0.2, 0.25) is 0 Å². The van der Waals surface area contributed by atoms with Gasteiger partial charge in [-0.2, -0.15) is 5.26 Å². The van der Waals surface area contributed by atoms with Crippen molar-refractivity contribution < 1.29 is 9.15 Å². The van der Waals surface area contributed by atoms with Gasteiger partial charge in [0.25, 0.3) is 0 Å². The third-order valence-electron chi connectivity index (χ3n) is 2.96. The molecule has 0 aliphatic carbocycles. The van der Waals surface area contributed by atoms with Crippen LogP contribution in [0.4, 0.5) is 0 Å². The summed E-state index contributed by atoms with van der Waals surface area (Å²) in [7, 11) is 0. The van der Waals surface area contributed by atoms with Crippen molar-refractivity contribution >= 4 is 11.1 Å². The summed E-state index contributed by atoms with van der Waals surface area (Å²) in [5.41, 5.74) is 3.21. The number of nitrogens with zero attached hydrogens (tertiary/aromatic N) is 2. The maximum Gasteiger partial charge on any atom is 0.192 e. The zero-order valence-electron chi connectivity index (χ0n) is 11.0. The van der Waals surface area contributed by atoms with Gasteiger partial charge in [0.1, 0.15) is 17.9 Å². The zero-order chi connectivity index (χ0) is 13.9. The van der Waals surface area contributed by atoms with Crippen LogP contribution >= 0.6 is 0 Å². The second kappa shape index (κ2) is 5.06. The lowest BCUT2D eigenvalue weighted by molar-refractivity contribution is 0.306. The first-order valence-corrected chi connectivity index (χ1v) is 6.23. The Hall–Kier alpha value is -2.80. The fourth-order valence-corrected chi connectivity index (χ4v) is 1.95. The van der Waals surface area contributed by atoms with Gasteiger partial charge < -0.3 is 9.15 Å². The fraction of sp³-hybridized carbons (Fsp3) is 0.125. The lowest BCUT2D eigenvalue weighted by Gasteiger charge is -2.05. The Morgan fingerprint density at radius 2 is 2.00 bits per heavy atom. The number of fused-ring (bicyclic) bond motifs is 1. The second-order valence-corrected chi connectivity index (χ2v) is 4.46. The Morgan fingerprint density at radius 1 is 1.20 bits per heavy atom. The molecule has 0 radical (unpaired) electrons. The van der Waals surface area contributed by atoms with Gasteiger partial charge in [0.15, 0.2) is 11.5 Å². The molecule has 3 rings (SSSR count). The van der Waals surface area contributed by atoms with Gasteiger partial charge in [-0.15, -0.1) is 0 Å². The highest BCUT2D eigenvalue weighted by molar-refractivity contribution is 5.74. The molecular weight excluding hydrogens is 252 g/mol. The minimum absolute atomic E-state index is 0.449. The van der Waals surface area contributed by atoms with Crippen molar-refractivity contribution in [2.75, 3.05) is 0 Å². The normalized spacial score (nSPS) is 10.4. The number of ether oxygens (including phenoxy) is 1. The summed E-state index contributed by atoms with van der Waals surface area (Å²) in [5, 5.41) is 8.74. The van der Waals surface area contributed by atoms with E-state index in [2.05, 4.69) is 11.1 Å². The van der Waals surface area contributed by atoms with Crippen LogP contribution in [-0.4, -0.2) is 4.98 Å². The lowest BCUT2D eigenvalue weighted by atomic mass is 10.2. The summed E-state index contributed by atoms with van der Waals surface area (Å²) >= 11 is 0. The van der Waals surface area contributed by atoms with Crippen LogP contribution in [0.15, 0.2) is 46.9 Å². The van der Waals surface area contributed by atoms with Crippen LogP contribution in [0.25, 0.3) is 11.1 Å². The van der Waals surface area contributed by atoms with Crippen molar-refractivity contribution in [2.24, 2.45) is 0 Å². The summed E-state index contributed by atoms with van der Waals surface area (Å²) in [5.74, 6) is 1.38. The van der Waals surface area contributed by atoms with E-state index >= 15 is 0 Å². The van der Waals surface area contributed by atoms with Crippen molar-refractivity contribution in [2.45, 2.75) is 13.5 Å². The molecule has 0 fully saturated rings. The molecule has 98 valence electrons.